The van der Waals surface area contributed by atoms with Crippen LogP contribution in [0.25, 0.3) is 22.3 Å². The van der Waals surface area contributed by atoms with Gasteiger partial charge in [-0.05, 0) is 70.8 Å². The van der Waals surface area contributed by atoms with Gasteiger partial charge in [-0.25, -0.2) is 9.97 Å². The maximum atomic E-state index is 6.01. The van der Waals surface area contributed by atoms with Gasteiger partial charge in [-0.15, -0.1) is 0 Å². The van der Waals surface area contributed by atoms with Gasteiger partial charge < -0.3 is 14.2 Å². The fraction of sp³-hybridized carbons (Fsp3) is 0.176. The summed E-state index contributed by atoms with van der Waals surface area (Å²) in [6.07, 6.45) is 10.9. The lowest BCUT2D eigenvalue weighted by Crippen LogP contribution is -2.13. The Hall–Kier alpha value is -5.28. The van der Waals surface area contributed by atoms with Crippen molar-refractivity contribution < 1.29 is 14.2 Å². The Kier molecular flexibility index (Phi) is 9.11. The SMILES string of the molecule is c1cc(Cn2cccn2)cc(-c2cccnc2OCCOCCOc2ncccc2-c2cccc(Cn3cccn3)c2)c1. The number of ether oxygens (including phenoxy) is 3. The summed E-state index contributed by atoms with van der Waals surface area (Å²) in [4.78, 5) is 8.93. The molecule has 43 heavy (non-hydrogen) atoms. The zero-order valence-electron chi connectivity index (χ0n) is 23.7. The molecular weight excluding hydrogens is 540 g/mol. The minimum Gasteiger partial charge on any atom is -0.475 e. The van der Waals surface area contributed by atoms with Crippen LogP contribution in [0.3, 0.4) is 0 Å². The quantitative estimate of drug-likeness (QED) is 0.153. The summed E-state index contributed by atoms with van der Waals surface area (Å²) in [6, 6.07) is 28.4. The highest BCUT2D eigenvalue weighted by Gasteiger charge is 2.10. The Bertz CT molecular complexity index is 1590. The summed E-state index contributed by atoms with van der Waals surface area (Å²) in [5, 5.41) is 8.61. The van der Waals surface area contributed by atoms with E-state index in [2.05, 4.69) is 56.6 Å². The maximum Gasteiger partial charge on any atom is 0.221 e. The molecule has 0 N–H and O–H groups in total. The van der Waals surface area contributed by atoms with Crippen LogP contribution in [-0.2, 0) is 17.8 Å². The molecule has 9 heteroatoms. The second-order valence-corrected chi connectivity index (χ2v) is 9.83. The van der Waals surface area contributed by atoms with E-state index in [1.807, 2.05) is 70.3 Å². The van der Waals surface area contributed by atoms with Crippen LogP contribution in [0.15, 0.2) is 122 Å². The fourth-order valence-electron chi connectivity index (χ4n) is 4.78. The normalized spacial score (nSPS) is 11.0. The van der Waals surface area contributed by atoms with Crippen LogP contribution in [0.2, 0.25) is 0 Å². The van der Waals surface area contributed by atoms with Crippen molar-refractivity contribution in [2.24, 2.45) is 0 Å². The average Bonchev–Trinajstić information content (AvgIpc) is 3.76. The van der Waals surface area contributed by atoms with Crippen molar-refractivity contribution in [3.8, 4) is 34.0 Å². The van der Waals surface area contributed by atoms with E-state index in [0.717, 1.165) is 33.4 Å². The smallest absolute Gasteiger partial charge is 0.221 e. The highest BCUT2D eigenvalue weighted by molar-refractivity contribution is 5.69. The van der Waals surface area contributed by atoms with Crippen molar-refractivity contribution >= 4 is 0 Å². The van der Waals surface area contributed by atoms with Gasteiger partial charge in [0.05, 0.1) is 26.3 Å². The molecular formula is C34H32N6O3. The second kappa shape index (κ2) is 14.1. The Labute approximate surface area is 250 Å². The molecule has 2 aromatic carbocycles. The van der Waals surface area contributed by atoms with E-state index in [-0.39, 0.29) is 0 Å². The molecule has 0 saturated carbocycles. The van der Waals surface area contributed by atoms with Crippen LogP contribution in [0.4, 0.5) is 0 Å². The van der Waals surface area contributed by atoms with Gasteiger partial charge in [0.15, 0.2) is 0 Å². The first-order chi connectivity index (χ1) is 21.3. The summed E-state index contributed by atoms with van der Waals surface area (Å²) in [5.74, 6) is 1.15. The van der Waals surface area contributed by atoms with Crippen LogP contribution in [0, 0.1) is 0 Å². The van der Waals surface area contributed by atoms with E-state index < -0.39 is 0 Å². The minimum absolute atomic E-state index is 0.370. The summed E-state index contributed by atoms with van der Waals surface area (Å²) >= 11 is 0. The molecule has 0 aliphatic rings. The van der Waals surface area contributed by atoms with Gasteiger partial charge in [0, 0.05) is 48.3 Å². The Morgan fingerprint density at radius 3 is 1.49 bits per heavy atom. The first-order valence-electron chi connectivity index (χ1n) is 14.2. The molecule has 0 aliphatic carbocycles. The van der Waals surface area contributed by atoms with Gasteiger partial charge in [0.1, 0.15) is 13.2 Å². The van der Waals surface area contributed by atoms with Crippen molar-refractivity contribution in [1.29, 1.82) is 0 Å². The predicted octanol–water partition coefficient (Wildman–Crippen LogP) is 5.77. The Morgan fingerprint density at radius 1 is 0.512 bits per heavy atom. The first kappa shape index (κ1) is 27.9. The average molecular weight is 573 g/mol. The van der Waals surface area contributed by atoms with Crippen LogP contribution < -0.4 is 9.47 Å². The van der Waals surface area contributed by atoms with Crippen LogP contribution >= 0.6 is 0 Å². The monoisotopic (exact) mass is 572 g/mol. The molecule has 0 aliphatic heterocycles. The summed E-state index contributed by atoms with van der Waals surface area (Å²) < 4.78 is 21.6. The topological polar surface area (TPSA) is 89.1 Å². The van der Waals surface area contributed by atoms with Crippen LogP contribution in [-0.4, -0.2) is 56.0 Å². The Morgan fingerprint density at radius 2 is 1.02 bits per heavy atom. The third-order valence-corrected chi connectivity index (χ3v) is 6.76. The van der Waals surface area contributed by atoms with Crippen molar-refractivity contribution in [1.82, 2.24) is 29.5 Å². The standard InChI is InChI=1S/C34H32N6O3/c1-7-27(25-39-17-5-15-37-39)23-29(9-1)31-11-3-13-35-33(31)42-21-19-41-20-22-43-34-32(12-4-14-36-34)30-10-2-8-28(24-30)26-40-18-6-16-38-40/h1-18,23-24H,19-22,25-26H2. The van der Waals surface area contributed by atoms with Gasteiger partial charge in [-0.1, -0.05) is 36.4 Å². The van der Waals surface area contributed by atoms with E-state index in [1.54, 1.807) is 24.8 Å². The zero-order valence-corrected chi connectivity index (χ0v) is 23.7. The number of hydrogen-bond donors (Lipinski definition) is 0. The van der Waals surface area contributed by atoms with Gasteiger partial charge >= 0.3 is 0 Å². The van der Waals surface area contributed by atoms with Crippen molar-refractivity contribution in [2.75, 3.05) is 26.4 Å². The van der Waals surface area contributed by atoms with Crippen molar-refractivity contribution in [3.05, 3.63) is 133 Å². The summed E-state index contributed by atoms with van der Waals surface area (Å²) in [6.45, 7) is 2.95. The number of rotatable bonds is 14. The third-order valence-electron chi connectivity index (χ3n) is 6.76. The van der Waals surface area contributed by atoms with Gasteiger partial charge in [0.2, 0.25) is 11.8 Å². The minimum atomic E-state index is 0.370. The molecule has 0 unspecified atom stereocenters. The van der Waals surface area contributed by atoms with E-state index in [4.69, 9.17) is 14.2 Å². The molecule has 4 aromatic heterocycles. The molecule has 0 atom stereocenters. The van der Waals surface area contributed by atoms with Gasteiger partial charge in [-0.3, -0.25) is 9.36 Å². The molecule has 0 spiro atoms. The molecule has 6 rings (SSSR count). The van der Waals surface area contributed by atoms with Crippen molar-refractivity contribution in [2.45, 2.75) is 13.1 Å². The molecule has 0 bridgehead atoms. The van der Waals surface area contributed by atoms with Gasteiger partial charge in [0.25, 0.3) is 0 Å². The first-order valence-corrected chi connectivity index (χ1v) is 14.2. The molecule has 0 radical (unpaired) electrons. The highest BCUT2D eigenvalue weighted by Crippen LogP contribution is 2.30. The number of aromatic nitrogens is 6. The van der Waals surface area contributed by atoms with E-state index >= 15 is 0 Å². The van der Waals surface area contributed by atoms with Crippen molar-refractivity contribution in [3.63, 3.8) is 0 Å². The summed E-state index contributed by atoms with van der Waals surface area (Å²) in [7, 11) is 0. The van der Waals surface area contributed by atoms with Gasteiger partial charge in [-0.2, -0.15) is 10.2 Å². The lowest BCUT2D eigenvalue weighted by atomic mass is 10.0. The fourth-order valence-corrected chi connectivity index (χ4v) is 4.78. The molecule has 6 aromatic rings. The van der Waals surface area contributed by atoms with Crippen LogP contribution in [0.1, 0.15) is 11.1 Å². The molecule has 0 fully saturated rings. The predicted molar refractivity (Wildman–Crippen MR) is 164 cm³/mol. The summed E-state index contributed by atoms with van der Waals surface area (Å²) in [5.41, 5.74) is 6.25. The third kappa shape index (κ3) is 7.52. The molecule has 4 heterocycles. The largest absolute Gasteiger partial charge is 0.475 e. The number of benzene rings is 2. The molecule has 216 valence electrons. The van der Waals surface area contributed by atoms with E-state index in [0.29, 0.717) is 51.3 Å². The van der Waals surface area contributed by atoms with E-state index in [1.165, 1.54) is 0 Å². The maximum absolute atomic E-state index is 6.01. The molecule has 0 saturated heterocycles. The van der Waals surface area contributed by atoms with Crippen LogP contribution in [0.5, 0.6) is 11.8 Å². The lowest BCUT2D eigenvalue weighted by molar-refractivity contribution is 0.0745. The number of hydrogen-bond acceptors (Lipinski definition) is 7. The highest BCUT2D eigenvalue weighted by atomic mass is 16.5. The molecule has 0 amide bonds. The number of nitrogens with zero attached hydrogens (tertiary/aromatic N) is 6. The Balaban J connectivity index is 0.987. The molecule has 9 nitrogen and oxygen atoms in total. The number of pyridine rings is 2. The zero-order chi connectivity index (χ0) is 29.1. The van der Waals surface area contributed by atoms with E-state index in [9.17, 15) is 0 Å². The second-order valence-electron chi connectivity index (χ2n) is 9.83. The lowest BCUT2D eigenvalue weighted by Gasteiger charge is -2.13.